The number of nitrogens with zero attached hydrogens (tertiary/aromatic N) is 1. The highest BCUT2D eigenvalue weighted by atomic mass is 79.9. The lowest BCUT2D eigenvalue weighted by molar-refractivity contribution is 0.155. The molecule has 1 saturated heterocycles. The highest BCUT2D eigenvalue weighted by Crippen LogP contribution is 2.35. The van der Waals surface area contributed by atoms with E-state index in [1.807, 2.05) is 24.3 Å². The van der Waals surface area contributed by atoms with Gasteiger partial charge in [-0.1, -0.05) is 12.1 Å². The van der Waals surface area contributed by atoms with Crippen LogP contribution in [0.5, 0.6) is 0 Å². The van der Waals surface area contributed by atoms with E-state index < -0.39 is 11.6 Å². The Hall–Kier alpha value is -1.07. The molecule has 5 heteroatoms. The van der Waals surface area contributed by atoms with Crippen molar-refractivity contribution in [3.63, 3.8) is 0 Å². The topological polar surface area (TPSA) is 49.8 Å². The van der Waals surface area contributed by atoms with Crippen LogP contribution in [0.15, 0.2) is 28.7 Å². The zero-order valence-corrected chi connectivity index (χ0v) is 10.4. The lowest BCUT2D eigenvalue weighted by Gasteiger charge is -2.30. The summed E-state index contributed by atoms with van der Waals surface area (Å²) in [7, 11) is 0. The molecule has 0 aromatic heterocycles. The highest BCUT2D eigenvalue weighted by Gasteiger charge is 2.44. The highest BCUT2D eigenvalue weighted by molar-refractivity contribution is 9.10. The second-order valence-electron chi connectivity index (χ2n) is 4.00. The minimum atomic E-state index is -0.693. The van der Waals surface area contributed by atoms with Crippen LogP contribution in [0.4, 0.5) is 10.5 Å². The van der Waals surface area contributed by atoms with E-state index in [1.54, 1.807) is 6.92 Å². The molecule has 0 bridgehead atoms. The lowest BCUT2D eigenvalue weighted by atomic mass is 10.0. The van der Waals surface area contributed by atoms with Crippen molar-refractivity contribution >= 4 is 27.7 Å². The predicted octanol–water partition coefficient (Wildman–Crippen LogP) is 2.16. The number of carbonyl (C=O) groups excluding carboxylic acids is 1. The quantitative estimate of drug-likeness (QED) is 0.906. The summed E-state index contributed by atoms with van der Waals surface area (Å²) < 4.78 is 5.79. The molecular formula is C11H12BrNO3. The van der Waals surface area contributed by atoms with E-state index in [-0.39, 0.29) is 13.2 Å². The fourth-order valence-electron chi connectivity index (χ4n) is 1.71. The molecule has 0 spiro atoms. The Morgan fingerprint density at radius 3 is 2.88 bits per heavy atom. The standard InChI is InChI=1S/C11H12BrNO3/c1-11(6-14)7-16-10(15)13(11)9-5-3-2-4-8(9)12/h2-5,14H,6-7H2,1H3. The molecule has 86 valence electrons. The van der Waals surface area contributed by atoms with Gasteiger partial charge in [-0.2, -0.15) is 0 Å². The van der Waals surface area contributed by atoms with Gasteiger partial charge in [0.15, 0.2) is 0 Å². The Morgan fingerprint density at radius 1 is 1.56 bits per heavy atom. The number of ether oxygens (including phenoxy) is 1. The second kappa shape index (κ2) is 4.07. The van der Waals surface area contributed by atoms with Crippen LogP contribution < -0.4 is 4.90 Å². The monoisotopic (exact) mass is 285 g/mol. The second-order valence-corrected chi connectivity index (χ2v) is 4.85. The van der Waals surface area contributed by atoms with Crippen molar-refractivity contribution in [1.82, 2.24) is 0 Å². The molecule has 1 aliphatic heterocycles. The Balaban J connectivity index is 2.46. The molecule has 1 unspecified atom stereocenters. The molecule has 4 nitrogen and oxygen atoms in total. The Bertz CT molecular complexity index is 423. The maximum absolute atomic E-state index is 11.7. The average molecular weight is 286 g/mol. The molecule has 1 amide bonds. The zero-order chi connectivity index (χ0) is 11.8. The van der Waals surface area contributed by atoms with E-state index in [4.69, 9.17) is 4.74 Å². The third-order valence-electron chi connectivity index (χ3n) is 2.66. The van der Waals surface area contributed by atoms with Crippen molar-refractivity contribution in [2.75, 3.05) is 18.1 Å². The normalized spacial score (nSPS) is 24.7. The van der Waals surface area contributed by atoms with Crippen LogP contribution in [0, 0.1) is 0 Å². The van der Waals surface area contributed by atoms with Crippen molar-refractivity contribution in [1.29, 1.82) is 0 Å². The SMILES string of the molecule is CC1(CO)COC(=O)N1c1ccccc1Br. The first-order valence-electron chi connectivity index (χ1n) is 4.91. The van der Waals surface area contributed by atoms with Crippen molar-refractivity contribution in [2.24, 2.45) is 0 Å². The van der Waals surface area contributed by atoms with Crippen LogP contribution in [0.3, 0.4) is 0 Å². The van der Waals surface area contributed by atoms with Gasteiger partial charge in [0.1, 0.15) is 12.1 Å². The van der Waals surface area contributed by atoms with E-state index in [2.05, 4.69) is 15.9 Å². The van der Waals surface area contributed by atoms with Crippen LogP contribution in [0.25, 0.3) is 0 Å². The molecule has 0 saturated carbocycles. The number of amides is 1. The van der Waals surface area contributed by atoms with Gasteiger partial charge in [-0.3, -0.25) is 4.90 Å². The van der Waals surface area contributed by atoms with Crippen molar-refractivity contribution < 1.29 is 14.6 Å². The first kappa shape index (κ1) is 11.4. The minimum Gasteiger partial charge on any atom is -0.447 e. The van der Waals surface area contributed by atoms with Gasteiger partial charge in [-0.05, 0) is 35.0 Å². The summed E-state index contributed by atoms with van der Waals surface area (Å²) in [4.78, 5) is 13.2. The largest absolute Gasteiger partial charge is 0.447 e. The number of anilines is 1. The number of aliphatic hydroxyl groups is 1. The Morgan fingerprint density at radius 2 is 2.25 bits per heavy atom. The fourth-order valence-corrected chi connectivity index (χ4v) is 2.17. The molecular weight excluding hydrogens is 274 g/mol. The number of rotatable bonds is 2. The van der Waals surface area contributed by atoms with Gasteiger partial charge in [-0.15, -0.1) is 0 Å². The summed E-state index contributed by atoms with van der Waals surface area (Å²) in [6, 6.07) is 7.36. The predicted molar refractivity (Wildman–Crippen MR) is 63.5 cm³/mol. The fraction of sp³-hybridized carbons (Fsp3) is 0.364. The average Bonchev–Trinajstić information content (AvgIpc) is 2.57. The maximum Gasteiger partial charge on any atom is 0.415 e. The molecule has 16 heavy (non-hydrogen) atoms. The van der Waals surface area contributed by atoms with Gasteiger partial charge in [0.2, 0.25) is 0 Å². The van der Waals surface area contributed by atoms with Crippen molar-refractivity contribution in [3.05, 3.63) is 28.7 Å². The molecule has 1 atom stereocenters. The smallest absolute Gasteiger partial charge is 0.415 e. The maximum atomic E-state index is 11.7. The zero-order valence-electron chi connectivity index (χ0n) is 8.81. The molecule has 1 fully saturated rings. The summed E-state index contributed by atoms with van der Waals surface area (Å²) >= 11 is 3.38. The van der Waals surface area contributed by atoms with Crippen LogP contribution in [-0.2, 0) is 4.74 Å². The van der Waals surface area contributed by atoms with Gasteiger partial charge in [0.05, 0.1) is 12.3 Å². The van der Waals surface area contributed by atoms with Gasteiger partial charge >= 0.3 is 6.09 Å². The van der Waals surface area contributed by atoms with Crippen molar-refractivity contribution in [3.8, 4) is 0 Å². The molecule has 2 rings (SSSR count). The first-order valence-corrected chi connectivity index (χ1v) is 5.70. The molecule has 0 aliphatic carbocycles. The van der Waals surface area contributed by atoms with Crippen LogP contribution >= 0.6 is 15.9 Å². The van der Waals surface area contributed by atoms with Crippen LogP contribution in [-0.4, -0.2) is 30.0 Å². The summed E-state index contributed by atoms with van der Waals surface area (Å²) in [5, 5.41) is 9.38. The van der Waals surface area contributed by atoms with Gasteiger partial charge in [-0.25, -0.2) is 4.79 Å². The van der Waals surface area contributed by atoms with Crippen LogP contribution in [0.2, 0.25) is 0 Å². The van der Waals surface area contributed by atoms with Crippen molar-refractivity contribution in [2.45, 2.75) is 12.5 Å². The number of carbonyl (C=O) groups is 1. The van der Waals surface area contributed by atoms with Gasteiger partial charge < -0.3 is 9.84 Å². The van der Waals surface area contributed by atoms with Gasteiger partial charge in [0, 0.05) is 4.47 Å². The molecule has 1 aromatic carbocycles. The molecule has 1 N–H and O–H groups in total. The number of halogens is 1. The number of para-hydroxylation sites is 1. The van der Waals surface area contributed by atoms with E-state index >= 15 is 0 Å². The number of aliphatic hydroxyl groups excluding tert-OH is 1. The number of hydrogen-bond acceptors (Lipinski definition) is 3. The Kier molecular flexibility index (Phi) is 2.90. The summed E-state index contributed by atoms with van der Waals surface area (Å²) in [6.07, 6.45) is -0.427. The third-order valence-corrected chi connectivity index (χ3v) is 3.33. The third kappa shape index (κ3) is 1.70. The molecule has 1 aromatic rings. The summed E-state index contributed by atoms with van der Waals surface area (Å²) in [5.41, 5.74) is 0.0163. The van der Waals surface area contributed by atoms with E-state index in [1.165, 1.54) is 4.90 Å². The summed E-state index contributed by atoms with van der Waals surface area (Å²) in [6.45, 7) is 1.85. The van der Waals surface area contributed by atoms with Gasteiger partial charge in [0.25, 0.3) is 0 Å². The molecule has 1 aliphatic rings. The Labute approximate surface area is 102 Å². The first-order chi connectivity index (χ1) is 7.58. The van der Waals surface area contributed by atoms with E-state index in [9.17, 15) is 9.90 Å². The van der Waals surface area contributed by atoms with E-state index in [0.29, 0.717) is 5.69 Å². The van der Waals surface area contributed by atoms with Crippen LogP contribution in [0.1, 0.15) is 6.92 Å². The number of benzene rings is 1. The van der Waals surface area contributed by atoms with E-state index in [0.717, 1.165) is 4.47 Å². The lowest BCUT2D eigenvalue weighted by Crippen LogP contribution is -2.48. The minimum absolute atomic E-state index is 0.139. The number of cyclic esters (lactones) is 1. The molecule has 1 heterocycles. The molecule has 0 radical (unpaired) electrons. The number of hydrogen-bond donors (Lipinski definition) is 1. The summed E-state index contributed by atoms with van der Waals surface area (Å²) in [5.74, 6) is 0.